The van der Waals surface area contributed by atoms with Crippen LogP contribution >= 0.6 is 11.3 Å². The Morgan fingerprint density at radius 1 is 1.43 bits per heavy atom. The molecule has 8 heteroatoms. The fourth-order valence-corrected chi connectivity index (χ4v) is 5.95. The Hall–Kier alpha value is -0.960. The van der Waals surface area contributed by atoms with Crippen LogP contribution in [0.4, 0.5) is 0 Å². The van der Waals surface area contributed by atoms with Gasteiger partial charge in [0.1, 0.15) is 9.77 Å². The number of carbonyl (C=O) groups is 1. The van der Waals surface area contributed by atoms with Crippen molar-refractivity contribution in [3.8, 4) is 0 Å². The lowest BCUT2D eigenvalue weighted by Gasteiger charge is -2.31. The summed E-state index contributed by atoms with van der Waals surface area (Å²) in [6.45, 7) is 6.62. The molecule has 0 radical (unpaired) electrons. The fourth-order valence-electron chi connectivity index (χ4n) is 2.82. The molecular weight excluding hydrogens is 336 g/mol. The average Bonchev–Trinajstić information content (AvgIpc) is 2.95. The quantitative estimate of drug-likeness (QED) is 0.784. The predicted octanol–water partition coefficient (Wildman–Crippen LogP) is 1.85. The summed E-state index contributed by atoms with van der Waals surface area (Å²) in [5.41, 5.74) is 0.602. The maximum absolute atomic E-state index is 12.9. The summed E-state index contributed by atoms with van der Waals surface area (Å²) in [7, 11) is -2.39. The van der Waals surface area contributed by atoms with Crippen molar-refractivity contribution in [2.24, 2.45) is 5.92 Å². The van der Waals surface area contributed by atoms with Crippen LogP contribution in [0.25, 0.3) is 0 Å². The number of nitrogens with zero attached hydrogens (tertiary/aromatic N) is 1. The smallest absolute Gasteiger partial charge is 0.349 e. The number of piperidine rings is 1. The number of rotatable bonds is 6. The van der Waals surface area contributed by atoms with Gasteiger partial charge in [-0.3, -0.25) is 0 Å². The van der Waals surface area contributed by atoms with Crippen molar-refractivity contribution in [1.82, 2.24) is 9.62 Å². The van der Waals surface area contributed by atoms with Gasteiger partial charge >= 0.3 is 5.97 Å². The first kappa shape index (κ1) is 18.4. The summed E-state index contributed by atoms with van der Waals surface area (Å²) in [5, 5.41) is 5.00. The highest BCUT2D eigenvalue weighted by Crippen LogP contribution is 2.32. The number of sulfonamides is 1. The topological polar surface area (TPSA) is 75.7 Å². The van der Waals surface area contributed by atoms with Gasteiger partial charge in [-0.15, -0.1) is 11.3 Å². The molecule has 1 aromatic heterocycles. The van der Waals surface area contributed by atoms with Gasteiger partial charge in [0.2, 0.25) is 10.0 Å². The summed E-state index contributed by atoms with van der Waals surface area (Å²) < 4.78 is 32.1. The third kappa shape index (κ3) is 3.93. The first-order valence-corrected chi connectivity index (χ1v) is 10.1. The standard InChI is InChI=1S/C15H24N2O4S2/c1-4-16-9-12-5-7-17(8-6-12)23(19,20)14-11(2)10-22-13(14)15(18)21-3/h10,12,16H,4-9H2,1-3H3. The molecule has 1 N–H and O–H groups in total. The highest BCUT2D eigenvalue weighted by molar-refractivity contribution is 7.89. The second kappa shape index (κ2) is 7.74. The number of aryl methyl sites for hydroxylation is 1. The molecule has 0 bridgehead atoms. The monoisotopic (exact) mass is 360 g/mol. The molecule has 6 nitrogen and oxygen atoms in total. The van der Waals surface area contributed by atoms with E-state index in [1.807, 2.05) is 0 Å². The average molecular weight is 361 g/mol. The molecule has 1 aliphatic heterocycles. The van der Waals surface area contributed by atoms with E-state index in [9.17, 15) is 13.2 Å². The minimum atomic E-state index is -3.66. The molecule has 0 unspecified atom stereocenters. The summed E-state index contributed by atoms with van der Waals surface area (Å²) in [4.78, 5) is 12.1. The fraction of sp³-hybridized carbons (Fsp3) is 0.667. The zero-order valence-electron chi connectivity index (χ0n) is 13.8. The second-order valence-corrected chi connectivity index (χ2v) is 8.48. The van der Waals surface area contributed by atoms with Crippen molar-refractivity contribution >= 4 is 27.3 Å². The van der Waals surface area contributed by atoms with Gasteiger partial charge in [0.25, 0.3) is 0 Å². The van der Waals surface area contributed by atoms with Gasteiger partial charge in [-0.05, 0) is 49.7 Å². The van der Waals surface area contributed by atoms with E-state index >= 15 is 0 Å². The lowest BCUT2D eigenvalue weighted by molar-refractivity contribution is 0.0602. The first-order valence-electron chi connectivity index (χ1n) is 7.79. The molecule has 0 amide bonds. The van der Waals surface area contributed by atoms with Gasteiger partial charge in [0.05, 0.1) is 7.11 Å². The van der Waals surface area contributed by atoms with E-state index < -0.39 is 16.0 Å². The molecule has 0 spiro atoms. The molecule has 0 saturated carbocycles. The van der Waals surface area contributed by atoms with Crippen molar-refractivity contribution in [2.45, 2.75) is 31.6 Å². The molecule has 0 atom stereocenters. The van der Waals surface area contributed by atoms with E-state index in [0.29, 0.717) is 24.6 Å². The van der Waals surface area contributed by atoms with Gasteiger partial charge in [0, 0.05) is 13.1 Å². The summed E-state index contributed by atoms with van der Waals surface area (Å²) in [6.07, 6.45) is 1.67. The van der Waals surface area contributed by atoms with Crippen LogP contribution in [0.3, 0.4) is 0 Å². The van der Waals surface area contributed by atoms with Crippen molar-refractivity contribution in [2.75, 3.05) is 33.3 Å². The first-order chi connectivity index (χ1) is 10.9. The van der Waals surface area contributed by atoms with E-state index in [-0.39, 0.29) is 9.77 Å². The molecule has 1 saturated heterocycles. The SMILES string of the molecule is CCNCC1CCN(S(=O)(=O)c2c(C)csc2C(=O)OC)CC1. The molecule has 23 heavy (non-hydrogen) atoms. The molecule has 1 aliphatic rings. The third-order valence-electron chi connectivity index (χ3n) is 4.14. The van der Waals surface area contributed by atoms with Gasteiger partial charge in [0.15, 0.2) is 0 Å². The molecule has 130 valence electrons. The summed E-state index contributed by atoms with van der Waals surface area (Å²) in [5.74, 6) is -0.0891. The summed E-state index contributed by atoms with van der Waals surface area (Å²) in [6, 6.07) is 0. The Balaban J connectivity index is 2.18. The molecule has 0 aromatic carbocycles. The van der Waals surface area contributed by atoms with Crippen LogP contribution in [0.5, 0.6) is 0 Å². The Labute approximate surface area is 141 Å². The molecular formula is C15H24N2O4S2. The van der Waals surface area contributed by atoms with Crippen LogP contribution in [-0.2, 0) is 14.8 Å². The van der Waals surface area contributed by atoms with Crippen molar-refractivity contribution < 1.29 is 17.9 Å². The number of hydrogen-bond donors (Lipinski definition) is 1. The predicted molar refractivity (Wildman–Crippen MR) is 90.4 cm³/mol. The normalized spacial score (nSPS) is 17.3. The number of methoxy groups -OCH3 is 1. The Bertz CT molecular complexity index is 646. The van der Waals surface area contributed by atoms with Crippen LogP contribution in [0, 0.1) is 12.8 Å². The number of esters is 1. The van der Waals surface area contributed by atoms with E-state index in [1.54, 1.807) is 12.3 Å². The van der Waals surface area contributed by atoms with Crippen molar-refractivity contribution in [1.29, 1.82) is 0 Å². The van der Waals surface area contributed by atoms with Crippen molar-refractivity contribution in [3.63, 3.8) is 0 Å². The van der Waals surface area contributed by atoms with Crippen LogP contribution in [0.15, 0.2) is 10.3 Å². The zero-order valence-corrected chi connectivity index (χ0v) is 15.4. The minimum absolute atomic E-state index is 0.111. The molecule has 1 fully saturated rings. The van der Waals surface area contributed by atoms with Crippen LogP contribution < -0.4 is 5.32 Å². The molecule has 2 heterocycles. The highest BCUT2D eigenvalue weighted by atomic mass is 32.2. The molecule has 2 rings (SSSR count). The van der Waals surface area contributed by atoms with Crippen molar-refractivity contribution in [3.05, 3.63) is 15.8 Å². The maximum atomic E-state index is 12.9. The lowest BCUT2D eigenvalue weighted by atomic mass is 9.98. The van der Waals surface area contributed by atoms with Gasteiger partial charge in [-0.1, -0.05) is 6.92 Å². The number of ether oxygens (including phenoxy) is 1. The number of nitrogens with one attached hydrogen (secondary N) is 1. The molecule has 0 aliphatic carbocycles. The Morgan fingerprint density at radius 3 is 2.65 bits per heavy atom. The number of carbonyl (C=O) groups excluding carboxylic acids is 1. The van der Waals surface area contributed by atoms with Gasteiger partial charge in [-0.2, -0.15) is 4.31 Å². The number of hydrogen-bond acceptors (Lipinski definition) is 6. The summed E-state index contributed by atoms with van der Waals surface area (Å²) >= 11 is 1.12. The number of thiophene rings is 1. The maximum Gasteiger partial charge on any atom is 0.349 e. The van der Waals surface area contributed by atoms with E-state index in [2.05, 4.69) is 12.2 Å². The Kier molecular flexibility index (Phi) is 6.19. The van der Waals surface area contributed by atoms with E-state index in [4.69, 9.17) is 4.74 Å². The van der Waals surface area contributed by atoms with Crippen LogP contribution in [0.2, 0.25) is 0 Å². The molecule has 1 aromatic rings. The lowest BCUT2D eigenvalue weighted by Crippen LogP contribution is -2.41. The van der Waals surface area contributed by atoms with Gasteiger partial charge < -0.3 is 10.1 Å². The second-order valence-electron chi connectivity index (χ2n) is 5.72. The zero-order chi connectivity index (χ0) is 17.0. The third-order valence-corrected chi connectivity index (χ3v) is 7.44. The van der Waals surface area contributed by atoms with Crippen LogP contribution in [0.1, 0.15) is 35.0 Å². The Morgan fingerprint density at radius 2 is 2.09 bits per heavy atom. The highest BCUT2D eigenvalue weighted by Gasteiger charge is 2.34. The van der Waals surface area contributed by atoms with Crippen LogP contribution in [-0.4, -0.2) is 52.0 Å². The van der Waals surface area contributed by atoms with Gasteiger partial charge in [-0.25, -0.2) is 13.2 Å². The minimum Gasteiger partial charge on any atom is -0.465 e. The van der Waals surface area contributed by atoms with E-state index in [1.165, 1.54) is 11.4 Å². The van der Waals surface area contributed by atoms with E-state index in [0.717, 1.165) is 37.3 Å². The largest absolute Gasteiger partial charge is 0.465 e.